The van der Waals surface area contributed by atoms with Crippen molar-refractivity contribution in [3.8, 4) is 0 Å². The molecule has 1 saturated heterocycles. The number of carbonyl (C=O) groups is 2. The summed E-state index contributed by atoms with van der Waals surface area (Å²) in [6.45, 7) is 0.440. The molecule has 1 aliphatic heterocycles. The van der Waals surface area contributed by atoms with Crippen LogP contribution in [-0.4, -0.2) is 27.7 Å². The molecule has 25 heavy (non-hydrogen) atoms. The van der Waals surface area contributed by atoms with Gasteiger partial charge in [-0.25, -0.2) is 0 Å². The molecule has 2 N–H and O–H groups in total. The average Bonchev–Trinajstić information content (AvgIpc) is 3.21. The van der Waals surface area contributed by atoms with E-state index in [4.69, 9.17) is 0 Å². The highest BCUT2D eigenvalue weighted by Crippen LogP contribution is 2.26. The van der Waals surface area contributed by atoms with Crippen LogP contribution in [0.3, 0.4) is 0 Å². The topological polar surface area (TPSA) is 65.2 Å². The number of likely N-dealkylation sites (tertiary alicyclic amines) is 1. The van der Waals surface area contributed by atoms with Gasteiger partial charge in [0.1, 0.15) is 6.04 Å². The van der Waals surface area contributed by atoms with Crippen LogP contribution in [0.5, 0.6) is 0 Å². The molecule has 3 aromatic rings. The SMILES string of the molecule is O=C(Nc1ccccc1)[C@@H]1CCC(=O)N1Cc1c[nH]c2ccccc12. The van der Waals surface area contributed by atoms with Crippen molar-refractivity contribution < 1.29 is 9.59 Å². The Morgan fingerprint density at radius 3 is 2.72 bits per heavy atom. The van der Waals surface area contributed by atoms with Gasteiger partial charge in [-0.05, 0) is 30.2 Å². The van der Waals surface area contributed by atoms with Crippen molar-refractivity contribution in [2.75, 3.05) is 5.32 Å². The lowest BCUT2D eigenvalue weighted by Gasteiger charge is -2.24. The Labute approximate surface area is 145 Å². The molecule has 1 aromatic heterocycles. The normalized spacial score (nSPS) is 17.2. The van der Waals surface area contributed by atoms with E-state index in [0.29, 0.717) is 19.4 Å². The number of H-pyrrole nitrogens is 1. The molecule has 2 amide bonds. The van der Waals surface area contributed by atoms with Crippen LogP contribution >= 0.6 is 0 Å². The van der Waals surface area contributed by atoms with Gasteiger partial charge >= 0.3 is 0 Å². The fourth-order valence-electron chi connectivity index (χ4n) is 3.40. The van der Waals surface area contributed by atoms with E-state index in [2.05, 4.69) is 10.3 Å². The first-order valence-electron chi connectivity index (χ1n) is 8.43. The van der Waals surface area contributed by atoms with Gasteiger partial charge < -0.3 is 15.2 Å². The minimum atomic E-state index is -0.429. The van der Waals surface area contributed by atoms with Gasteiger partial charge in [0.2, 0.25) is 11.8 Å². The zero-order chi connectivity index (χ0) is 17.2. The number of carbonyl (C=O) groups excluding carboxylic acids is 2. The number of amides is 2. The smallest absolute Gasteiger partial charge is 0.247 e. The zero-order valence-corrected chi connectivity index (χ0v) is 13.7. The average molecular weight is 333 g/mol. The predicted octanol–water partition coefficient (Wildman–Crippen LogP) is 3.30. The maximum absolute atomic E-state index is 12.6. The van der Waals surface area contributed by atoms with Gasteiger partial charge in [0.05, 0.1) is 0 Å². The summed E-state index contributed by atoms with van der Waals surface area (Å²) in [5, 5.41) is 4.00. The van der Waals surface area contributed by atoms with Crippen molar-refractivity contribution in [2.24, 2.45) is 0 Å². The quantitative estimate of drug-likeness (QED) is 0.769. The molecule has 0 aliphatic carbocycles. The molecule has 2 aromatic carbocycles. The number of benzene rings is 2. The van der Waals surface area contributed by atoms with E-state index in [-0.39, 0.29) is 11.8 Å². The Hall–Kier alpha value is -3.08. The van der Waals surface area contributed by atoms with Crippen molar-refractivity contribution in [1.29, 1.82) is 0 Å². The van der Waals surface area contributed by atoms with Gasteiger partial charge in [0.25, 0.3) is 0 Å². The highest BCUT2D eigenvalue weighted by Gasteiger charge is 2.36. The van der Waals surface area contributed by atoms with Crippen LogP contribution in [0.4, 0.5) is 5.69 Å². The molecule has 1 aliphatic rings. The molecule has 0 spiro atoms. The number of nitrogens with one attached hydrogen (secondary N) is 2. The van der Waals surface area contributed by atoms with E-state index in [1.54, 1.807) is 4.90 Å². The Morgan fingerprint density at radius 2 is 1.88 bits per heavy atom. The fourth-order valence-corrected chi connectivity index (χ4v) is 3.40. The van der Waals surface area contributed by atoms with Crippen molar-refractivity contribution in [1.82, 2.24) is 9.88 Å². The van der Waals surface area contributed by atoms with E-state index >= 15 is 0 Å². The number of aromatic amines is 1. The van der Waals surface area contributed by atoms with Crippen LogP contribution in [0, 0.1) is 0 Å². The number of rotatable bonds is 4. The number of hydrogen-bond donors (Lipinski definition) is 2. The maximum Gasteiger partial charge on any atom is 0.247 e. The summed E-state index contributed by atoms with van der Waals surface area (Å²) in [5.74, 6) is -0.101. The predicted molar refractivity (Wildman–Crippen MR) is 96.9 cm³/mol. The molecule has 0 radical (unpaired) electrons. The van der Waals surface area contributed by atoms with E-state index in [9.17, 15) is 9.59 Å². The molecule has 1 fully saturated rings. The summed E-state index contributed by atoms with van der Waals surface area (Å²) >= 11 is 0. The second-order valence-electron chi connectivity index (χ2n) is 6.29. The summed E-state index contributed by atoms with van der Waals surface area (Å²) in [5.41, 5.74) is 2.82. The van der Waals surface area contributed by atoms with Crippen LogP contribution < -0.4 is 5.32 Å². The number of hydrogen-bond acceptors (Lipinski definition) is 2. The first-order valence-corrected chi connectivity index (χ1v) is 8.43. The molecule has 5 nitrogen and oxygen atoms in total. The zero-order valence-electron chi connectivity index (χ0n) is 13.7. The number of fused-ring (bicyclic) bond motifs is 1. The van der Waals surface area contributed by atoms with Crippen LogP contribution in [0.2, 0.25) is 0 Å². The van der Waals surface area contributed by atoms with Crippen LogP contribution in [-0.2, 0) is 16.1 Å². The molecule has 0 bridgehead atoms. The van der Waals surface area contributed by atoms with Gasteiger partial charge in [0.15, 0.2) is 0 Å². The number of para-hydroxylation sites is 2. The van der Waals surface area contributed by atoms with Crippen molar-refractivity contribution >= 4 is 28.4 Å². The number of nitrogens with zero attached hydrogens (tertiary/aromatic N) is 1. The first-order chi connectivity index (χ1) is 12.2. The summed E-state index contributed by atoms with van der Waals surface area (Å²) < 4.78 is 0. The van der Waals surface area contributed by atoms with Crippen LogP contribution in [0.1, 0.15) is 18.4 Å². The van der Waals surface area contributed by atoms with Crippen molar-refractivity contribution in [3.63, 3.8) is 0 Å². The maximum atomic E-state index is 12.6. The molecular formula is C20H19N3O2. The van der Waals surface area contributed by atoms with Crippen molar-refractivity contribution in [3.05, 3.63) is 66.4 Å². The van der Waals surface area contributed by atoms with E-state index in [1.807, 2.05) is 60.8 Å². The Balaban J connectivity index is 1.54. The molecule has 4 rings (SSSR count). The van der Waals surface area contributed by atoms with Gasteiger partial charge in [-0.1, -0.05) is 36.4 Å². The largest absolute Gasteiger partial charge is 0.361 e. The molecule has 0 unspecified atom stereocenters. The monoisotopic (exact) mass is 333 g/mol. The lowest BCUT2D eigenvalue weighted by molar-refractivity contribution is -0.133. The van der Waals surface area contributed by atoms with E-state index in [0.717, 1.165) is 22.2 Å². The Kier molecular flexibility index (Phi) is 3.98. The second kappa shape index (κ2) is 6.43. The molecule has 0 saturated carbocycles. The molecule has 5 heteroatoms. The third-order valence-electron chi connectivity index (χ3n) is 4.69. The Bertz CT molecular complexity index is 917. The van der Waals surface area contributed by atoms with E-state index in [1.165, 1.54) is 0 Å². The number of aromatic nitrogens is 1. The van der Waals surface area contributed by atoms with Gasteiger partial charge in [-0.3, -0.25) is 9.59 Å². The van der Waals surface area contributed by atoms with E-state index < -0.39 is 6.04 Å². The Morgan fingerprint density at radius 1 is 1.12 bits per heavy atom. The van der Waals surface area contributed by atoms with Gasteiger partial charge in [0, 0.05) is 35.8 Å². The minimum absolute atomic E-state index is 0.0264. The summed E-state index contributed by atoms with van der Waals surface area (Å²) in [6, 6.07) is 16.9. The highest BCUT2D eigenvalue weighted by atomic mass is 16.2. The van der Waals surface area contributed by atoms with Crippen LogP contribution in [0.25, 0.3) is 10.9 Å². The summed E-state index contributed by atoms with van der Waals surface area (Å²) in [6.07, 6.45) is 2.89. The van der Waals surface area contributed by atoms with Crippen molar-refractivity contribution in [2.45, 2.75) is 25.4 Å². The second-order valence-corrected chi connectivity index (χ2v) is 6.29. The third kappa shape index (κ3) is 3.01. The summed E-state index contributed by atoms with van der Waals surface area (Å²) in [7, 11) is 0. The van der Waals surface area contributed by atoms with Gasteiger partial charge in [-0.15, -0.1) is 0 Å². The standard InChI is InChI=1S/C20H19N3O2/c24-19-11-10-18(20(25)22-15-6-2-1-3-7-15)23(19)13-14-12-21-17-9-5-4-8-16(14)17/h1-9,12,18,21H,10-11,13H2,(H,22,25)/t18-/m0/s1. The van der Waals surface area contributed by atoms with Gasteiger partial charge in [-0.2, -0.15) is 0 Å². The minimum Gasteiger partial charge on any atom is -0.361 e. The molecular weight excluding hydrogens is 314 g/mol. The lowest BCUT2D eigenvalue weighted by atomic mass is 10.1. The third-order valence-corrected chi connectivity index (χ3v) is 4.69. The van der Waals surface area contributed by atoms with Crippen LogP contribution in [0.15, 0.2) is 60.8 Å². The summed E-state index contributed by atoms with van der Waals surface area (Å²) in [4.78, 5) is 29.9. The number of anilines is 1. The lowest BCUT2D eigenvalue weighted by Crippen LogP contribution is -2.41. The first kappa shape index (κ1) is 15.4. The molecule has 2 heterocycles. The molecule has 1 atom stereocenters. The fraction of sp³-hybridized carbons (Fsp3) is 0.200. The highest BCUT2D eigenvalue weighted by molar-refractivity contribution is 5.99. The molecule has 126 valence electrons.